The van der Waals surface area contributed by atoms with Gasteiger partial charge in [-0.15, -0.1) is 23.1 Å². The van der Waals surface area contributed by atoms with Gasteiger partial charge >= 0.3 is 0 Å². The van der Waals surface area contributed by atoms with Crippen LogP contribution in [0, 0.1) is 0 Å². The van der Waals surface area contributed by atoms with E-state index in [2.05, 4.69) is 29.6 Å². The first-order chi connectivity index (χ1) is 16.1. The molecule has 4 nitrogen and oxygen atoms in total. The summed E-state index contributed by atoms with van der Waals surface area (Å²) in [4.78, 5) is 1.30. The fraction of sp³-hybridized carbons (Fsp3) is 0.308. The standard InChI is InChI=1S/C13H15ClO3S2.C13H14OS/c1-10(2)17-12-6-4-11(5-7-12)13(19(14,15)16)8-3-9-18-13;1-10(2)14-12-7-5-11(6-8-12)13-4-3-9-15-13/h3-7,9-10H,8H2,1-2H3;3-10H,1-2H3. The van der Waals surface area contributed by atoms with Crippen LogP contribution in [0.25, 0.3) is 10.4 Å². The molecule has 4 rings (SSSR count). The number of thioether (sulfide) groups is 1. The van der Waals surface area contributed by atoms with E-state index in [0.29, 0.717) is 12.0 Å². The van der Waals surface area contributed by atoms with Gasteiger partial charge in [0.25, 0.3) is 9.05 Å². The van der Waals surface area contributed by atoms with Gasteiger partial charge in [-0.25, -0.2) is 8.42 Å². The van der Waals surface area contributed by atoms with E-state index < -0.39 is 13.1 Å². The van der Waals surface area contributed by atoms with E-state index in [-0.39, 0.29) is 12.2 Å². The number of hydrogen-bond donors (Lipinski definition) is 0. The summed E-state index contributed by atoms with van der Waals surface area (Å²) in [5.74, 6) is 1.65. The van der Waals surface area contributed by atoms with Crippen LogP contribution in [0.15, 0.2) is 77.5 Å². The van der Waals surface area contributed by atoms with Gasteiger partial charge in [0.2, 0.25) is 0 Å². The van der Waals surface area contributed by atoms with Crippen molar-refractivity contribution in [3.05, 3.63) is 83.1 Å². The van der Waals surface area contributed by atoms with Crippen molar-refractivity contribution in [3.8, 4) is 21.9 Å². The van der Waals surface area contributed by atoms with E-state index in [1.807, 2.05) is 45.9 Å². The van der Waals surface area contributed by atoms with Gasteiger partial charge in [-0.2, -0.15) is 0 Å². The Balaban J connectivity index is 0.000000196. The smallest absolute Gasteiger partial charge is 0.252 e. The molecule has 0 bridgehead atoms. The van der Waals surface area contributed by atoms with Gasteiger partial charge in [0.15, 0.2) is 4.08 Å². The summed E-state index contributed by atoms with van der Waals surface area (Å²) in [6.45, 7) is 7.95. The van der Waals surface area contributed by atoms with Crippen LogP contribution in [-0.2, 0) is 13.1 Å². The Bertz CT molecular complexity index is 1160. The van der Waals surface area contributed by atoms with Crippen molar-refractivity contribution >= 4 is 42.8 Å². The third-order valence-corrected chi connectivity index (χ3v) is 10.1. The number of rotatable bonds is 7. The second kappa shape index (κ2) is 11.7. The molecule has 0 N–H and O–H groups in total. The van der Waals surface area contributed by atoms with Crippen molar-refractivity contribution in [2.45, 2.75) is 50.4 Å². The number of hydrogen-bond acceptors (Lipinski definition) is 6. The van der Waals surface area contributed by atoms with Gasteiger partial charge in [-0.1, -0.05) is 24.3 Å². The topological polar surface area (TPSA) is 52.6 Å². The monoisotopic (exact) mass is 536 g/mol. The summed E-state index contributed by atoms with van der Waals surface area (Å²) in [5, 5.41) is 3.87. The highest BCUT2D eigenvalue weighted by Crippen LogP contribution is 2.51. The van der Waals surface area contributed by atoms with E-state index in [9.17, 15) is 8.42 Å². The number of allylic oxidation sites excluding steroid dienone is 1. The van der Waals surface area contributed by atoms with Gasteiger partial charge in [0, 0.05) is 22.0 Å². The molecule has 8 heteroatoms. The van der Waals surface area contributed by atoms with E-state index in [1.165, 1.54) is 22.2 Å². The van der Waals surface area contributed by atoms with Crippen LogP contribution in [-0.4, -0.2) is 20.6 Å². The third kappa shape index (κ3) is 6.81. The van der Waals surface area contributed by atoms with E-state index in [1.54, 1.807) is 41.0 Å². The number of halogens is 1. The maximum absolute atomic E-state index is 11.9. The van der Waals surface area contributed by atoms with Crippen LogP contribution in [0.3, 0.4) is 0 Å². The van der Waals surface area contributed by atoms with Crippen molar-refractivity contribution in [3.63, 3.8) is 0 Å². The average Bonchev–Trinajstić information content (AvgIpc) is 3.47. The lowest BCUT2D eigenvalue weighted by Crippen LogP contribution is -2.26. The molecule has 0 aliphatic carbocycles. The minimum Gasteiger partial charge on any atom is -0.491 e. The van der Waals surface area contributed by atoms with E-state index >= 15 is 0 Å². The van der Waals surface area contributed by atoms with Gasteiger partial charge < -0.3 is 9.47 Å². The second-order valence-electron chi connectivity index (χ2n) is 8.24. The van der Waals surface area contributed by atoms with Crippen molar-refractivity contribution < 1.29 is 17.9 Å². The van der Waals surface area contributed by atoms with Crippen LogP contribution in [0.1, 0.15) is 39.7 Å². The quantitative estimate of drug-likeness (QED) is 0.286. The summed E-state index contributed by atoms with van der Waals surface area (Å²) >= 11 is 2.98. The Morgan fingerprint density at radius 2 is 1.44 bits per heavy atom. The molecule has 1 aliphatic rings. The minimum atomic E-state index is -3.72. The molecule has 0 fully saturated rings. The Labute approximate surface area is 215 Å². The van der Waals surface area contributed by atoms with Crippen molar-refractivity contribution in [2.24, 2.45) is 0 Å². The predicted octanol–water partition coefficient (Wildman–Crippen LogP) is 8.05. The van der Waals surface area contributed by atoms with Crippen LogP contribution in [0.4, 0.5) is 0 Å². The molecule has 1 unspecified atom stereocenters. The molecular weight excluding hydrogens is 508 g/mol. The summed E-state index contributed by atoms with van der Waals surface area (Å²) in [6.07, 6.45) is 2.52. The van der Waals surface area contributed by atoms with Crippen LogP contribution in [0.2, 0.25) is 0 Å². The molecule has 34 heavy (non-hydrogen) atoms. The molecule has 0 spiro atoms. The largest absolute Gasteiger partial charge is 0.491 e. The van der Waals surface area contributed by atoms with Crippen LogP contribution >= 0.6 is 33.8 Å². The molecule has 0 amide bonds. The summed E-state index contributed by atoms with van der Waals surface area (Å²) in [6, 6.07) is 19.5. The Kier molecular flexibility index (Phi) is 9.15. The molecule has 182 valence electrons. The molecular formula is C26H29ClO4S3. The van der Waals surface area contributed by atoms with E-state index in [4.69, 9.17) is 20.2 Å². The number of thiophene rings is 1. The third-order valence-electron chi connectivity index (χ3n) is 4.83. The minimum absolute atomic E-state index is 0.0825. The molecule has 1 aromatic heterocycles. The fourth-order valence-corrected chi connectivity index (χ4v) is 7.10. The zero-order chi connectivity index (χ0) is 24.8. The lowest BCUT2D eigenvalue weighted by molar-refractivity contribution is 0.242. The zero-order valence-corrected chi connectivity index (χ0v) is 22.8. The van der Waals surface area contributed by atoms with E-state index in [0.717, 1.165) is 11.5 Å². The lowest BCUT2D eigenvalue weighted by Gasteiger charge is -2.25. The lowest BCUT2D eigenvalue weighted by atomic mass is 10.1. The summed E-state index contributed by atoms with van der Waals surface area (Å²) < 4.78 is 33.8. The Hall–Kier alpha value is -1.93. The highest BCUT2D eigenvalue weighted by molar-refractivity contribution is 8.25. The van der Waals surface area contributed by atoms with Gasteiger partial charge in [-0.3, -0.25) is 0 Å². The fourth-order valence-electron chi connectivity index (χ4n) is 3.37. The molecule has 2 aromatic carbocycles. The van der Waals surface area contributed by atoms with Gasteiger partial charge in [0.05, 0.1) is 12.2 Å². The van der Waals surface area contributed by atoms with Crippen molar-refractivity contribution in [2.75, 3.05) is 0 Å². The normalized spacial score (nSPS) is 17.5. The summed E-state index contributed by atoms with van der Waals surface area (Å²) in [7, 11) is 1.91. The molecule has 1 aliphatic heterocycles. The average molecular weight is 537 g/mol. The first-order valence-electron chi connectivity index (χ1n) is 11.0. The molecule has 2 heterocycles. The van der Waals surface area contributed by atoms with Crippen LogP contribution < -0.4 is 9.47 Å². The maximum atomic E-state index is 11.9. The molecule has 0 saturated heterocycles. The number of ether oxygens (including phenoxy) is 2. The molecule has 1 atom stereocenters. The zero-order valence-electron chi connectivity index (χ0n) is 19.6. The number of benzene rings is 2. The van der Waals surface area contributed by atoms with Crippen molar-refractivity contribution in [1.29, 1.82) is 0 Å². The molecule has 0 radical (unpaired) electrons. The highest BCUT2D eigenvalue weighted by atomic mass is 35.7. The highest BCUT2D eigenvalue weighted by Gasteiger charge is 2.46. The maximum Gasteiger partial charge on any atom is 0.252 e. The summed E-state index contributed by atoms with van der Waals surface area (Å²) in [5.41, 5.74) is 1.93. The van der Waals surface area contributed by atoms with Crippen LogP contribution in [0.5, 0.6) is 11.5 Å². The molecule has 3 aromatic rings. The SMILES string of the molecule is CC(C)Oc1ccc(-c2cccs2)cc1.CC(C)Oc1ccc(C2(S(=O)(=O)Cl)CC=CS2)cc1. The first kappa shape index (κ1) is 26.7. The first-order valence-corrected chi connectivity index (χ1v) is 15.0. The van der Waals surface area contributed by atoms with Crippen molar-refractivity contribution in [1.82, 2.24) is 0 Å². The Morgan fingerprint density at radius 1 is 0.882 bits per heavy atom. The second-order valence-corrected chi connectivity index (χ2v) is 13.4. The van der Waals surface area contributed by atoms with Gasteiger partial charge in [-0.05, 0) is 92.1 Å². The Morgan fingerprint density at radius 3 is 1.85 bits per heavy atom. The molecule has 0 saturated carbocycles. The predicted molar refractivity (Wildman–Crippen MR) is 146 cm³/mol. The van der Waals surface area contributed by atoms with Gasteiger partial charge in [0.1, 0.15) is 11.5 Å².